The summed E-state index contributed by atoms with van der Waals surface area (Å²) in [6, 6.07) is 7.69. The van der Waals surface area contributed by atoms with E-state index in [0.717, 1.165) is 37.2 Å². The number of carbonyl (C=O) groups is 1. The number of allylic oxidation sites excluding steroid dienone is 1. The third kappa shape index (κ3) is 5.10. The number of hydrogen-bond acceptors (Lipinski definition) is 7. The lowest BCUT2D eigenvalue weighted by atomic mass is 10.2. The number of hydrogen-bond donors (Lipinski definition) is 1. The minimum atomic E-state index is -0.0896. The summed E-state index contributed by atoms with van der Waals surface area (Å²) in [6.07, 6.45) is 1.93. The van der Waals surface area contributed by atoms with Crippen molar-refractivity contribution in [2.75, 3.05) is 5.32 Å². The lowest BCUT2D eigenvalue weighted by molar-refractivity contribution is -0.115. The van der Waals surface area contributed by atoms with Crippen LogP contribution in [0.4, 0.5) is 5.69 Å². The molecular formula is C24H24N4O2S3. The van der Waals surface area contributed by atoms with Gasteiger partial charge in [-0.15, -0.1) is 29.3 Å². The van der Waals surface area contributed by atoms with Crippen molar-refractivity contribution in [2.45, 2.75) is 44.6 Å². The Morgan fingerprint density at radius 3 is 2.79 bits per heavy atom. The van der Waals surface area contributed by atoms with Gasteiger partial charge in [0.2, 0.25) is 5.91 Å². The number of aryl methyl sites for hydroxylation is 3. The van der Waals surface area contributed by atoms with Gasteiger partial charge in [0.25, 0.3) is 5.56 Å². The summed E-state index contributed by atoms with van der Waals surface area (Å²) in [5.41, 5.74) is 3.66. The van der Waals surface area contributed by atoms with Crippen LogP contribution in [-0.2, 0) is 23.5 Å². The molecule has 0 bridgehead atoms. The predicted molar refractivity (Wildman–Crippen MR) is 139 cm³/mol. The van der Waals surface area contributed by atoms with Crippen molar-refractivity contribution in [3.63, 3.8) is 0 Å². The highest BCUT2D eigenvalue weighted by atomic mass is 32.2. The first kappa shape index (κ1) is 23.4. The van der Waals surface area contributed by atoms with E-state index in [1.54, 1.807) is 22.0 Å². The Kier molecular flexibility index (Phi) is 7.11. The molecule has 0 aliphatic rings. The molecule has 0 radical (unpaired) electrons. The van der Waals surface area contributed by atoms with Gasteiger partial charge in [-0.25, -0.2) is 9.97 Å². The van der Waals surface area contributed by atoms with Gasteiger partial charge >= 0.3 is 0 Å². The molecule has 3 aromatic heterocycles. The van der Waals surface area contributed by atoms with Crippen molar-refractivity contribution in [2.24, 2.45) is 0 Å². The molecule has 9 heteroatoms. The van der Waals surface area contributed by atoms with E-state index in [0.29, 0.717) is 22.8 Å². The molecule has 0 aliphatic heterocycles. The highest BCUT2D eigenvalue weighted by Crippen LogP contribution is 2.29. The number of thiazole rings is 1. The zero-order valence-corrected chi connectivity index (χ0v) is 21.1. The van der Waals surface area contributed by atoms with Gasteiger partial charge < -0.3 is 5.32 Å². The van der Waals surface area contributed by atoms with Gasteiger partial charge in [-0.05, 0) is 38.0 Å². The van der Waals surface area contributed by atoms with E-state index >= 15 is 0 Å². The second kappa shape index (κ2) is 10.0. The topological polar surface area (TPSA) is 76.9 Å². The van der Waals surface area contributed by atoms with Crippen molar-refractivity contribution < 1.29 is 4.79 Å². The number of fused-ring (bicyclic) bond motifs is 1. The maximum absolute atomic E-state index is 13.1. The maximum atomic E-state index is 13.1. The van der Waals surface area contributed by atoms with Crippen LogP contribution in [0.2, 0.25) is 0 Å². The quantitative estimate of drug-likeness (QED) is 0.198. The van der Waals surface area contributed by atoms with Gasteiger partial charge in [0.05, 0.1) is 17.5 Å². The van der Waals surface area contributed by atoms with E-state index in [1.165, 1.54) is 23.1 Å². The lowest BCUT2D eigenvalue weighted by Gasteiger charge is -2.09. The number of thioether (sulfide) groups is 1. The molecule has 1 amide bonds. The second-order valence-electron chi connectivity index (χ2n) is 7.62. The van der Waals surface area contributed by atoms with Gasteiger partial charge in [-0.3, -0.25) is 14.2 Å². The molecule has 1 aromatic carbocycles. The average molecular weight is 497 g/mol. The minimum absolute atomic E-state index is 0.0314. The zero-order valence-electron chi connectivity index (χ0n) is 18.7. The summed E-state index contributed by atoms with van der Waals surface area (Å²) in [7, 11) is 0. The standard InChI is InChI=1S/C24H24N4O2S3/c1-5-10-28-23(30)21-15(3)16(4)33-22(21)27-24(28)32-13-17-12-31-20(25-17)11-19(29)26-18-9-7-6-8-14(18)2/h5-9,12H,1,10-11,13H2,2-4H3,(H,26,29). The fourth-order valence-corrected chi connectivity index (χ4v) is 6.26. The number of carbonyl (C=O) groups excluding carboxylic acids is 1. The first-order valence-corrected chi connectivity index (χ1v) is 13.1. The molecule has 1 N–H and O–H groups in total. The molecule has 4 aromatic rings. The van der Waals surface area contributed by atoms with Crippen molar-refractivity contribution in [1.82, 2.24) is 14.5 Å². The first-order chi connectivity index (χ1) is 15.9. The molecule has 0 spiro atoms. The number of nitrogens with one attached hydrogen (secondary N) is 1. The Morgan fingerprint density at radius 2 is 2.03 bits per heavy atom. The van der Waals surface area contributed by atoms with E-state index in [-0.39, 0.29) is 17.9 Å². The summed E-state index contributed by atoms with van der Waals surface area (Å²) in [4.78, 5) is 36.8. The molecule has 0 saturated heterocycles. The molecule has 0 fully saturated rings. The predicted octanol–water partition coefficient (Wildman–Crippen LogP) is 5.50. The summed E-state index contributed by atoms with van der Waals surface area (Å²) < 4.78 is 1.67. The van der Waals surface area contributed by atoms with Gasteiger partial charge in [0.15, 0.2) is 5.16 Å². The van der Waals surface area contributed by atoms with Gasteiger partial charge in [0, 0.05) is 28.2 Å². The molecule has 0 unspecified atom stereocenters. The highest BCUT2D eigenvalue weighted by molar-refractivity contribution is 7.98. The summed E-state index contributed by atoms with van der Waals surface area (Å²) in [6.45, 7) is 10.1. The van der Waals surface area contributed by atoms with Crippen LogP contribution in [0.3, 0.4) is 0 Å². The Labute approximate surface area is 204 Å². The van der Waals surface area contributed by atoms with E-state index in [2.05, 4.69) is 16.9 Å². The Hall–Kier alpha value is -2.75. The largest absolute Gasteiger partial charge is 0.325 e. The van der Waals surface area contributed by atoms with Crippen molar-refractivity contribution in [1.29, 1.82) is 0 Å². The van der Waals surface area contributed by atoms with Crippen LogP contribution < -0.4 is 10.9 Å². The van der Waals surface area contributed by atoms with E-state index in [1.807, 2.05) is 50.4 Å². The molecule has 33 heavy (non-hydrogen) atoms. The molecule has 0 atom stereocenters. The Balaban J connectivity index is 1.47. The van der Waals surface area contributed by atoms with Crippen LogP contribution in [-0.4, -0.2) is 20.4 Å². The van der Waals surface area contributed by atoms with Crippen LogP contribution in [0.25, 0.3) is 10.2 Å². The van der Waals surface area contributed by atoms with Gasteiger partial charge in [-0.1, -0.05) is 36.0 Å². The average Bonchev–Trinajstić information content (AvgIpc) is 3.34. The molecule has 6 nitrogen and oxygen atoms in total. The number of aromatic nitrogens is 3. The molecule has 0 saturated carbocycles. The number of anilines is 1. The maximum Gasteiger partial charge on any atom is 0.263 e. The fourth-order valence-electron chi connectivity index (χ4n) is 3.39. The molecule has 170 valence electrons. The van der Waals surface area contributed by atoms with Gasteiger partial charge in [-0.2, -0.15) is 0 Å². The summed E-state index contributed by atoms with van der Waals surface area (Å²) in [5.74, 6) is 0.474. The number of thiophene rings is 1. The summed E-state index contributed by atoms with van der Waals surface area (Å²) >= 11 is 4.49. The van der Waals surface area contributed by atoms with Gasteiger partial charge in [0.1, 0.15) is 9.84 Å². The van der Waals surface area contributed by atoms with Crippen LogP contribution >= 0.6 is 34.4 Å². The summed E-state index contributed by atoms with van der Waals surface area (Å²) in [5, 5.41) is 7.00. The van der Waals surface area contributed by atoms with E-state index in [4.69, 9.17) is 4.98 Å². The lowest BCUT2D eigenvalue weighted by Crippen LogP contribution is -2.22. The van der Waals surface area contributed by atoms with Crippen LogP contribution in [0, 0.1) is 20.8 Å². The number of benzene rings is 1. The molecule has 3 heterocycles. The molecular weight excluding hydrogens is 472 g/mol. The van der Waals surface area contributed by atoms with Crippen LogP contribution in [0.1, 0.15) is 26.7 Å². The smallest absolute Gasteiger partial charge is 0.263 e. The SMILES string of the molecule is C=CCn1c(SCc2csc(CC(=O)Nc3ccccc3C)n2)nc2sc(C)c(C)c2c1=O. The van der Waals surface area contributed by atoms with Crippen LogP contribution in [0.15, 0.2) is 52.3 Å². The van der Waals surface area contributed by atoms with Crippen molar-refractivity contribution in [3.8, 4) is 0 Å². The zero-order chi connectivity index (χ0) is 23.5. The third-order valence-corrected chi connectivity index (χ3v) is 8.25. The highest BCUT2D eigenvalue weighted by Gasteiger charge is 2.17. The second-order valence-corrected chi connectivity index (χ2v) is 10.7. The normalized spacial score (nSPS) is 11.1. The van der Waals surface area contributed by atoms with E-state index in [9.17, 15) is 9.59 Å². The third-order valence-electron chi connectivity index (χ3n) is 5.24. The Bertz CT molecular complexity index is 1400. The van der Waals surface area contributed by atoms with E-state index < -0.39 is 0 Å². The number of nitrogens with zero attached hydrogens (tertiary/aromatic N) is 3. The van der Waals surface area contributed by atoms with Crippen molar-refractivity contribution in [3.05, 3.63) is 79.4 Å². The fraction of sp³-hybridized carbons (Fsp3) is 0.250. The Morgan fingerprint density at radius 1 is 1.24 bits per heavy atom. The molecule has 4 rings (SSSR count). The molecule has 0 aliphatic carbocycles. The van der Waals surface area contributed by atoms with Crippen LogP contribution in [0.5, 0.6) is 0 Å². The first-order valence-electron chi connectivity index (χ1n) is 10.4. The number of para-hydroxylation sites is 1. The number of rotatable bonds is 8. The minimum Gasteiger partial charge on any atom is -0.325 e. The monoisotopic (exact) mass is 496 g/mol. The number of amides is 1. The van der Waals surface area contributed by atoms with Crippen molar-refractivity contribution >= 4 is 56.2 Å².